The fourth-order valence-corrected chi connectivity index (χ4v) is 2.29. The minimum absolute atomic E-state index is 0.146. The van der Waals surface area contributed by atoms with E-state index in [-0.39, 0.29) is 11.4 Å². The van der Waals surface area contributed by atoms with Crippen molar-refractivity contribution in [1.82, 2.24) is 0 Å². The smallest absolute Gasteiger partial charge is 0.308 e. The molecule has 4 nitrogen and oxygen atoms in total. The van der Waals surface area contributed by atoms with Gasteiger partial charge in [-0.15, -0.1) is 0 Å². The Morgan fingerprint density at radius 1 is 1.10 bits per heavy atom. The lowest BCUT2D eigenvalue weighted by Gasteiger charge is -2.31. The number of ether oxygens (including phenoxy) is 1. The van der Waals surface area contributed by atoms with Crippen LogP contribution in [0.15, 0.2) is 0 Å². The quantitative estimate of drug-likeness (QED) is 0.204. The van der Waals surface area contributed by atoms with Crippen LogP contribution in [-0.2, 0) is 19.3 Å². The number of rotatable bonds is 9. The van der Waals surface area contributed by atoms with Crippen molar-refractivity contribution in [2.75, 3.05) is 0 Å². The van der Waals surface area contributed by atoms with Crippen LogP contribution < -0.4 is 0 Å². The maximum absolute atomic E-state index is 11.5. The highest BCUT2D eigenvalue weighted by Gasteiger charge is 2.28. The predicted octanol–water partition coefficient (Wildman–Crippen LogP) is 4.62. The molecule has 0 saturated heterocycles. The molecule has 0 radical (unpaired) electrons. The van der Waals surface area contributed by atoms with E-state index in [1.54, 1.807) is 6.92 Å². The van der Waals surface area contributed by atoms with Crippen molar-refractivity contribution in [3.8, 4) is 0 Å². The number of carbonyl (C=O) groups is 1. The minimum atomic E-state index is -0.677. The van der Waals surface area contributed by atoms with Crippen LogP contribution in [0.5, 0.6) is 0 Å². The molecule has 0 aliphatic carbocycles. The lowest BCUT2D eigenvalue weighted by atomic mass is 9.84. The Morgan fingerprint density at radius 2 is 1.70 bits per heavy atom. The van der Waals surface area contributed by atoms with Crippen molar-refractivity contribution in [3.05, 3.63) is 0 Å². The minimum Gasteiger partial charge on any atom is -0.433 e. The van der Waals surface area contributed by atoms with Crippen LogP contribution in [0.1, 0.15) is 80.6 Å². The van der Waals surface area contributed by atoms with E-state index in [0.29, 0.717) is 6.42 Å². The molecule has 0 bridgehead atoms. The number of esters is 1. The lowest BCUT2D eigenvalue weighted by molar-refractivity contribution is -0.411. The van der Waals surface area contributed by atoms with Crippen LogP contribution in [-0.4, -0.2) is 17.9 Å². The molecule has 1 atom stereocenters. The van der Waals surface area contributed by atoms with E-state index in [9.17, 15) is 4.79 Å². The van der Waals surface area contributed by atoms with Gasteiger partial charge < -0.3 is 4.74 Å². The molecular formula is C16H32O4. The average molecular weight is 288 g/mol. The molecule has 1 unspecified atom stereocenters. The topological polar surface area (TPSA) is 44.8 Å². The van der Waals surface area contributed by atoms with Gasteiger partial charge in [-0.05, 0) is 32.1 Å². The van der Waals surface area contributed by atoms with Gasteiger partial charge in [0, 0.05) is 13.3 Å². The number of hydrogen-bond acceptors (Lipinski definition) is 4. The average Bonchev–Trinajstić information content (AvgIpc) is 2.23. The predicted molar refractivity (Wildman–Crippen MR) is 80.0 cm³/mol. The first-order valence-electron chi connectivity index (χ1n) is 7.60. The van der Waals surface area contributed by atoms with Crippen LogP contribution in [0.25, 0.3) is 0 Å². The molecule has 0 spiro atoms. The van der Waals surface area contributed by atoms with Crippen LogP contribution in [0.2, 0.25) is 0 Å². The van der Waals surface area contributed by atoms with Gasteiger partial charge in [0.25, 0.3) is 0 Å². The lowest BCUT2D eigenvalue weighted by Crippen LogP contribution is -2.32. The van der Waals surface area contributed by atoms with Crippen molar-refractivity contribution in [2.45, 2.75) is 92.5 Å². The van der Waals surface area contributed by atoms with E-state index in [1.807, 2.05) is 13.8 Å². The van der Waals surface area contributed by atoms with Gasteiger partial charge >= 0.3 is 5.97 Å². The van der Waals surface area contributed by atoms with Crippen LogP contribution >= 0.6 is 0 Å². The highest BCUT2D eigenvalue weighted by atomic mass is 17.2. The van der Waals surface area contributed by atoms with Gasteiger partial charge in [0.05, 0.1) is 5.60 Å². The van der Waals surface area contributed by atoms with Gasteiger partial charge in [-0.1, -0.05) is 40.5 Å². The molecule has 0 saturated carbocycles. The van der Waals surface area contributed by atoms with Crippen LogP contribution in [0.4, 0.5) is 0 Å². The monoisotopic (exact) mass is 288 g/mol. The fraction of sp³-hybridized carbons (Fsp3) is 0.938. The molecular weight excluding hydrogens is 256 g/mol. The molecule has 20 heavy (non-hydrogen) atoms. The van der Waals surface area contributed by atoms with Crippen molar-refractivity contribution in [1.29, 1.82) is 0 Å². The molecule has 0 aromatic rings. The second kappa shape index (κ2) is 8.63. The highest BCUT2D eigenvalue weighted by Crippen LogP contribution is 2.29. The zero-order chi connectivity index (χ0) is 15.8. The maximum Gasteiger partial charge on any atom is 0.308 e. The fourth-order valence-electron chi connectivity index (χ4n) is 2.29. The molecule has 0 fully saturated rings. The van der Waals surface area contributed by atoms with Gasteiger partial charge in [-0.2, -0.15) is 4.89 Å². The Balaban J connectivity index is 3.97. The van der Waals surface area contributed by atoms with E-state index in [1.165, 1.54) is 0 Å². The normalized spacial score (nSPS) is 14.2. The first-order valence-corrected chi connectivity index (χ1v) is 7.60. The molecule has 0 heterocycles. The SMILES string of the molecule is CCCCCC(=O)OC(C)OOC(C)(C)CC(C)(C)C. The molecule has 0 aliphatic heterocycles. The molecule has 0 aromatic heterocycles. The van der Waals surface area contributed by atoms with Crippen molar-refractivity contribution in [3.63, 3.8) is 0 Å². The third-order valence-electron chi connectivity index (χ3n) is 2.65. The molecule has 0 N–H and O–H groups in total. The third kappa shape index (κ3) is 11.2. The third-order valence-corrected chi connectivity index (χ3v) is 2.65. The van der Waals surface area contributed by atoms with Crippen LogP contribution in [0, 0.1) is 5.41 Å². The summed E-state index contributed by atoms with van der Waals surface area (Å²) >= 11 is 0. The van der Waals surface area contributed by atoms with Gasteiger partial charge in [0.2, 0.25) is 6.29 Å². The summed E-state index contributed by atoms with van der Waals surface area (Å²) in [6.45, 7) is 14.1. The van der Waals surface area contributed by atoms with Gasteiger partial charge in [-0.25, -0.2) is 4.89 Å². The first kappa shape index (κ1) is 19.4. The van der Waals surface area contributed by atoms with E-state index in [4.69, 9.17) is 14.5 Å². The Morgan fingerprint density at radius 3 is 2.20 bits per heavy atom. The Labute approximate surface area is 124 Å². The molecule has 0 rings (SSSR count). The summed E-state index contributed by atoms with van der Waals surface area (Å²) in [4.78, 5) is 22.1. The summed E-state index contributed by atoms with van der Waals surface area (Å²) < 4.78 is 5.14. The van der Waals surface area contributed by atoms with E-state index >= 15 is 0 Å². The van der Waals surface area contributed by atoms with Gasteiger partial charge in [0.15, 0.2) is 0 Å². The molecule has 0 aromatic carbocycles. The Bertz CT molecular complexity index is 279. The summed E-state index contributed by atoms with van der Waals surface area (Å²) in [6, 6.07) is 0. The summed E-state index contributed by atoms with van der Waals surface area (Å²) in [5, 5.41) is 0. The summed E-state index contributed by atoms with van der Waals surface area (Å²) in [5.74, 6) is -0.233. The van der Waals surface area contributed by atoms with Crippen LogP contribution in [0.3, 0.4) is 0 Å². The summed E-state index contributed by atoms with van der Waals surface area (Å²) in [5.41, 5.74) is -0.270. The van der Waals surface area contributed by atoms with Crippen molar-refractivity contribution >= 4 is 5.97 Å². The second-order valence-corrected chi connectivity index (χ2v) is 7.19. The maximum atomic E-state index is 11.5. The largest absolute Gasteiger partial charge is 0.433 e. The number of unbranched alkanes of at least 4 members (excludes halogenated alkanes) is 2. The highest BCUT2D eigenvalue weighted by molar-refractivity contribution is 5.69. The van der Waals surface area contributed by atoms with Gasteiger partial charge in [-0.3, -0.25) is 4.79 Å². The summed E-state index contributed by atoms with van der Waals surface area (Å²) in [7, 11) is 0. The molecule has 0 amide bonds. The zero-order valence-corrected chi connectivity index (χ0v) is 14.2. The Kier molecular flexibility index (Phi) is 8.36. The van der Waals surface area contributed by atoms with E-state index in [2.05, 4.69) is 27.7 Å². The van der Waals surface area contributed by atoms with E-state index in [0.717, 1.165) is 25.7 Å². The number of hydrogen-bond donors (Lipinski definition) is 0. The van der Waals surface area contributed by atoms with Crippen molar-refractivity contribution < 1.29 is 19.3 Å². The number of carbonyl (C=O) groups excluding carboxylic acids is 1. The molecule has 0 aliphatic rings. The van der Waals surface area contributed by atoms with Crippen molar-refractivity contribution in [2.24, 2.45) is 5.41 Å². The zero-order valence-electron chi connectivity index (χ0n) is 14.2. The molecule has 120 valence electrons. The second-order valence-electron chi connectivity index (χ2n) is 7.19. The first-order chi connectivity index (χ1) is 9.06. The van der Waals surface area contributed by atoms with Gasteiger partial charge in [0.1, 0.15) is 0 Å². The van der Waals surface area contributed by atoms with E-state index < -0.39 is 11.9 Å². The summed E-state index contributed by atoms with van der Waals surface area (Å²) in [6.07, 6.45) is 3.59. The molecule has 4 heteroatoms. The standard InChI is InChI=1S/C16H32O4/c1-8-9-10-11-14(17)18-13(2)19-20-16(6,7)12-15(3,4)5/h13H,8-12H2,1-7H3. The Hall–Kier alpha value is -0.610.